The van der Waals surface area contributed by atoms with Crippen molar-refractivity contribution in [3.05, 3.63) is 48.0 Å². The molecule has 1 aliphatic rings. The lowest BCUT2D eigenvalue weighted by Crippen LogP contribution is -2.12. The molecule has 0 spiro atoms. The van der Waals surface area contributed by atoms with E-state index in [9.17, 15) is 5.11 Å². The third kappa shape index (κ3) is 2.80. The average molecular weight is 256 g/mol. The van der Waals surface area contributed by atoms with Crippen molar-refractivity contribution in [3.63, 3.8) is 0 Å². The van der Waals surface area contributed by atoms with Gasteiger partial charge in [0.1, 0.15) is 11.6 Å². The van der Waals surface area contributed by atoms with Gasteiger partial charge in [-0.2, -0.15) is 0 Å². The second kappa shape index (κ2) is 5.47. The summed E-state index contributed by atoms with van der Waals surface area (Å²) >= 11 is 0. The summed E-state index contributed by atoms with van der Waals surface area (Å²) in [4.78, 5) is 4.57. The van der Waals surface area contributed by atoms with Crippen LogP contribution in [0.5, 0.6) is 5.75 Å². The van der Waals surface area contributed by atoms with Crippen LogP contribution in [0.15, 0.2) is 36.7 Å². The number of nitrogens with zero attached hydrogens (tertiary/aromatic N) is 2. The van der Waals surface area contributed by atoms with Crippen LogP contribution >= 0.6 is 0 Å². The minimum Gasteiger partial charge on any atom is -0.508 e. The maximum atomic E-state index is 9.32. The van der Waals surface area contributed by atoms with Crippen LogP contribution in [0, 0.1) is 0 Å². The predicted octanol–water partition coefficient (Wildman–Crippen LogP) is 3.68. The van der Waals surface area contributed by atoms with E-state index >= 15 is 0 Å². The van der Waals surface area contributed by atoms with E-state index < -0.39 is 0 Å². The maximum Gasteiger partial charge on any atom is 0.115 e. The summed E-state index contributed by atoms with van der Waals surface area (Å²) in [5, 5.41) is 9.32. The quantitative estimate of drug-likeness (QED) is 0.909. The zero-order valence-corrected chi connectivity index (χ0v) is 11.1. The molecular weight excluding hydrogens is 236 g/mol. The number of aromatic hydroxyl groups is 1. The summed E-state index contributed by atoms with van der Waals surface area (Å²) in [6, 6.07) is 7.43. The molecule has 3 rings (SSSR count). The number of rotatable bonds is 3. The van der Waals surface area contributed by atoms with E-state index in [-0.39, 0.29) is 0 Å². The number of phenols is 1. The molecule has 0 bridgehead atoms. The molecule has 0 radical (unpaired) electrons. The molecule has 1 N–H and O–H groups in total. The van der Waals surface area contributed by atoms with E-state index in [1.165, 1.54) is 43.5 Å². The van der Waals surface area contributed by atoms with Gasteiger partial charge < -0.3 is 9.67 Å². The van der Waals surface area contributed by atoms with E-state index in [0.717, 1.165) is 6.54 Å². The van der Waals surface area contributed by atoms with E-state index in [1.54, 1.807) is 12.1 Å². The first-order valence-corrected chi connectivity index (χ1v) is 7.12. The number of phenolic OH excluding ortho intramolecular Hbond substituents is 1. The van der Waals surface area contributed by atoms with Crippen molar-refractivity contribution in [2.75, 3.05) is 0 Å². The summed E-state index contributed by atoms with van der Waals surface area (Å²) < 4.78 is 2.25. The summed E-state index contributed by atoms with van der Waals surface area (Å²) in [7, 11) is 0. The van der Waals surface area contributed by atoms with Crippen molar-refractivity contribution in [1.29, 1.82) is 0 Å². The van der Waals surface area contributed by atoms with Crippen LogP contribution in [0.25, 0.3) is 0 Å². The van der Waals surface area contributed by atoms with Crippen LogP contribution in [0.1, 0.15) is 49.4 Å². The second-order valence-corrected chi connectivity index (χ2v) is 5.41. The lowest BCUT2D eigenvalue weighted by Gasteiger charge is -2.22. The topological polar surface area (TPSA) is 38.0 Å². The Kier molecular flexibility index (Phi) is 3.53. The lowest BCUT2D eigenvalue weighted by molar-refractivity contribution is 0.418. The van der Waals surface area contributed by atoms with Gasteiger partial charge in [0.25, 0.3) is 0 Å². The molecule has 0 saturated heterocycles. The Hall–Kier alpha value is -1.77. The van der Waals surface area contributed by atoms with Crippen molar-refractivity contribution in [2.45, 2.75) is 44.6 Å². The number of aromatic nitrogens is 2. The van der Waals surface area contributed by atoms with E-state index in [4.69, 9.17) is 0 Å². The molecule has 19 heavy (non-hydrogen) atoms. The van der Waals surface area contributed by atoms with Crippen molar-refractivity contribution < 1.29 is 5.11 Å². The average Bonchev–Trinajstić information content (AvgIpc) is 2.90. The number of hydrogen-bond acceptors (Lipinski definition) is 2. The third-order valence-electron chi connectivity index (χ3n) is 4.01. The fourth-order valence-corrected chi connectivity index (χ4v) is 2.97. The van der Waals surface area contributed by atoms with Crippen LogP contribution in [0.3, 0.4) is 0 Å². The van der Waals surface area contributed by atoms with Crippen molar-refractivity contribution >= 4 is 0 Å². The summed E-state index contributed by atoms with van der Waals surface area (Å²) in [6.45, 7) is 0.839. The first kappa shape index (κ1) is 12.3. The first-order chi connectivity index (χ1) is 9.33. The Bertz CT molecular complexity index is 524. The van der Waals surface area contributed by atoms with Gasteiger partial charge in [-0.25, -0.2) is 4.98 Å². The predicted molar refractivity (Wildman–Crippen MR) is 75.3 cm³/mol. The molecule has 2 aromatic rings. The third-order valence-corrected chi connectivity index (χ3v) is 4.01. The van der Waals surface area contributed by atoms with Crippen molar-refractivity contribution in [1.82, 2.24) is 9.55 Å². The van der Waals surface area contributed by atoms with E-state index in [0.29, 0.717) is 11.7 Å². The highest BCUT2D eigenvalue weighted by atomic mass is 16.3. The van der Waals surface area contributed by atoms with Crippen molar-refractivity contribution in [2.24, 2.45) is 0 Å². The molecule has 0 unspecified atom stereocenters. The fraction of sp³-hybridized carbons (Fsp3) is 0.438. The van der Waals surface area contributed by atoms with Crippen LogP contribution in [0.2, 0.25) is 0 Å². The Labute approximate surface area is 113 Å². The van der Waals surface area contributed by atoms with Gasteiger partial charge >= 0.3 is 0 Å². The highest BCUT2D eigenvalue weighted by molar-refractivity contribution is 5.26. The van der Waals surface area contributed by atoms with Crippen LogP contribution in [-0.2, 0) is 6.54 Å². The van der Waals surface area contributed by atoms with Gasteiger partial charge in [0.15, 0.2) is 0 Å². The standard InChI is InChI=1S/C16H20N2O/c19-15-8-6-13(7-9-15)12-18-11-10-17-16(18)14-4-2-1-3-5-14/h6-11,14,19H,1-5,12H2. The minimum absolute atomic E-state index is 0.321. The van der Waals surface area contributed by atoms with Crippen LogP contribution in [0.4, 0.5) is 0 Å². The van der Waals surface area contributed by atoms with Gasteiger partial charge in [0.05, 0.1) is 0 Å². The first-order valence-electron chi connectivity index (χ1n) is 7.12. The number of benzene rings is 1. The Morgan fingerprint density at radius 2 is 1.84 bits per heavy atom. The molecule has 0 amide bonds. The summed E-state index contributed by atoms with van der Waals surface area (Å²) in [6.07, 6.45) is 10.5. The van der Waals surface area contributed by atoms with Crippen LogP contribution < -0.4 is 0 Å². The molecule has 1 aromatic carbocycles. The molecule has 0 atom stereocenters. The highest BCUT2D eigenvalue weighted by Gasteiger charge is 2.19. The SMILES string of the molecule is Oc1ccc(Cn2ccnc2C2CCCCC2)cc1. The largest absolute Gasteiger partial charge is 0.508 e. The summed E-state index contributed by atoms with van der Waals surface area (Å²) in [5.74, 6) is 2.18. The molecule has 1 aromatic heterocycles. The molecule has 1 aliphatic carbocycles. The molecule has 1 heterocycles. The lowest BCUT2D eigenvalue weighted by atomic mass is 9.88. The molecule has 0 aliphatic heterocycles. The normalized spacial score (nSPS) is 16.6. The molecule has 1 saturated carbocycles. The zero-order chi connectivity index (χ0) is 13.1. The molecule has 3 nitrogen and oxygen atoms in total. The van der Waals surface area contributed by atoms with Gasteiger partial charge in [0, 0.05) is 24.9 Å². The molecule has 1 fully saturated rings. The number of hydrogen-bond donors (Lipinski definition) is 1. The minimum atomic E-state index is 0.321. The maximum absolute atomic E-state index is 9.32. The Morgan fingerprint density at radius 3 is 2.58 bits per heavy atom. The zero-order valence-electron chi connectivity index (χ0n) is 11.1. The number of imidazole rings is 1. The van der Waals surface area contributed by atoms with Crippen LogP contribution in [-0.4, -0.2) is 14.7 Å². The molecular formula is C16H20N2O. The monoisotopic (exact) mass is 256 g/mol. The highest BCUT2D eigenvalue weighted by Crippen LogP contribution is 2.31. The van der Waals surface area contributed by atoms with E-state index in [1.807, 2.05) is 18.3 Å². The second-order valence-electron chi connectivity index (χ2n) is 5.41. The Balaban J connectivity index is 1.77. The van der Waals surface area contributed by atoms with Gasteiger partial charge in [-0.15, -0.1) is 0 Å². The van der Waals surface area contributed by atoms with Gasteiger partial charge in [-0.05, 0) is 30.5 Å². The molecule has 3 heteroatoms. The van der Waals surface area contributed by atoms with E-state index in [2.05, 4.69) is 15.7 Å². The van der Waals surface area contributed by atoms with Gasteiger partial charge in [-0.3, -0.25) is 0 Å². The van der Waals surface area contributed by atoms with Crippen molar-refractivity contribution in [3.8, 4) is 5.75 Å². The Morgan fingerprint density at radius 1 is 1.11 bits per heavy atom. The summed E-state index contributed by atoms with van der Waals surface area (Å²) in [5.41, 5.74) is 1.20. The fourth-order valence-electron chi connectivity index (χ4n) is 2.97. The smallest absolute Gasteiger partial charge is 0.115 e. The van der Waals surface area contributed by atoms with Gasteiger partial charge in [0.2, 0.25) is 0 Å². The van der Waals surface area contributed by atoms with Gasteiger partial charge in [-0.1, -0.05) is 31.4 Å². The molecule has 100 valence electrons.